The van der Waals surface area contributed by atoms with E-state index in [2.05, 4.69) is 25.3 Å². The van der Waals surface area contributed by atoms with Crippen LogP contribution in [-0.2, 0) is 20.0 Å². The lowest BCUT2D eigenvalue weighted by Gasteiger charge is -2.31. The molecular weight excluding hydrogens is 332 g/mol. The van der Waals surface area contributed by atoms with Gasteiger partial charge in [0.15, 0.2) is 11.6 Å². The molecular formula is C18H24N6O2. The minimum Gasteiger partial charge on any atom is -0.359 e. The fraction of sp³-hybridized carbons (Fsp3) is 0.556. The van der Waals surface area contributed by atoms with Crippen LogP contribution in [0.5, 0.6) is 0 Å². The highest BCUT2D eigenvalue weighted by Gasteiger charge is 2.23. The van der Waals surface area contributed by atoms with E-state index in [1.165, 1.54) is 12.8 Å². The second kappa shape index (κ2) is 7.03. The summed E-state index contributed by atoms with van der Waals surface area (Å²) in [5.41, 5.74) is 2.95. The molecule has 0 aliphatic carbocycles. The summed E-state index contributed by atoms with van der Waals surface area (Å²) >= 11 is 0. The number of aryl methyl sites for hydroxylation is 2. The Morgan fingerprint density at radius 2 is 2.12 bits per heavy atom. The van der Waals surface area contributed by atoms with E-state index >= 15 is 0 Å². The molecule has 4 rings (SSSR count). The Hall–Kier alpha value is -2.48. The van der Waals surface area contributed by atoms with Crippen molar-refractivity contribution >= 4 is 0 Å². The molecule has 4 heterocycles. The van der Waals surface area contributed by atoms with Crippen LogP contribution in [0, 0.1) is 19.8 Å². The van der Waals surface area contributed by atoms with Crippen molar-refractivity contribution < 1.29 is 9.05 Å². The zero-order valence-corrected chi connectivity index (χ0v) is 15.5. The van der Waals surface area contributed by atoms with Gasteiger partial charge in [0.05, 0.1) is 12.7 Å². The van der Waals surface area contributed by atoms with Gasteiger partial charge < -0.3 is 9.05 Å². The first-order valence-electron chi connectivity index (χ1n) is 9.04. The predicted molar refractivity (Wildman–Crippen MR) is 94.2 cm³/mol. The number of aromatic nitrogens is 5. The Balaban J connectivity index is 1.38. The second-order valence-electron chi connectivity index (χ2n) is 7.12. The Morgan fingerprint density at radius 3 is 2.85 bits per heavy atom. The maximum atomic E-state index is 5.57. The SMILES string of the molecule is Cc1nc(C[C@@H]2CCCN(Cc3cc(-c4cnn(C)c4C)no3)C2)no1. The molecule has 1 aliphatic heterocycles. The van der Waals surface area contributed by atoms with Crippen molar-refractivity contribution in [1.82, 2.24) is 30.0 Å². The Bertz CT molecular complexity index is 880. The highest BCUT2D eigenvalue weighted by atomic mass is 16.5. The van der Waals surface area contributed by atoms with E-state index in [1.54, 1.807) is 0 Å². The number of likely N-dealkylation sites (tertiary alicyclic amines) is 1. The van der Waals surface area contributed by atoms with Gasteiger partial charge in [0.2, 0.25) is 5.89 Å². The number of piperidine rings is 1. The molecule has 138 valence electrons. The molecule has 3 aromatic heterocycles. The topological polar surface area (TPSA) is 86.0 Å². The predicted octanol–water partition coefficient (Wildman–Crippen LogP) is 2.53. The molecule has 1 atom stereocenters. The molecule has 8 nitrogen and oxygen atoms in total. The van der Waals surface area contributed by atoms with Crippen LogP contribution >= 0.6 is 0 Å². The zero-order chi connectivity index (χ0) is 18.1. The van der Waals surface area contributed by atoms with Crippen molar-refractivity contribution in [3.63, 3.8) is 0 Å². The summed E-state index contributed by atoms with van der Waals surface area (Å²) in [5.74, 6) is 2.87. The fourth-order valence-corrected chi connectivity index (χ4v) is 3.63. The molecule has 3 aromatic rings. The van der Waals surface area contributed by atoms with E-state index in [1.807, 2.05) is 37.8 Å². The van der Waals surface area contributed by atoms with Crippen LogP contribution in [0.4, 0.5) is 0 Å². The van der Waals surface area contributed by atoms with Gasteiger partial charge in [0.1, 0.15) is 5.69 Å². The number of hydrogen-bond donors (Lipinski definition) is 0. The summed E-state index contributed by atoms with van der Waals surface area (Å²) < 4.78 is 12.5. The lowest BCUT2D eigenvalue weighted by atomic mass is 9.94. The smallest absolute Gasteiger partial charge is 0.223 e. The lowest BCUT2D eigenvalue weighted by molar-refractivity contribution is 0.151. The molecule has 1 saturated heterocycles. The van der Waals surface area contributed by atoms with Crippen LogP contribution in [-0.4, -0.2) is 43.1 Å². The quantitative estimate of drug-likeness (QED) is 0.694. The lowest BCUT2D eigenvalue weighted by Crippen LogP contribution is -2.35. The monoisotopic (exact) mass is 356 g/mol. The van der Waals surface area contributed by atoms with Crippen molar-refractivity contribution in [2.75, 3.05) is 13.1 Å². The van der Waals surface area contributed by atoms with Crippen LogP contribution in [0.1, 0.15) is 36.0 Å². The van der Waals surface area contributed by atoms with Crippen LogP contribution < -0.4 is 0 Å². The summed E-state index contributed by atoms with van der Waals surface area (Å²) in [6, 6.07) is 2.02. The molecule has 0 radical (unpaired) electrons. The van der Waals surface area contributed by atoms with Gasteiger partial charge in [-0.1, -0.05) is 10.3 Å². The Morgan fingerprint density at radius 1 is 1.23 bits per heavy atom. The normalized spacial score (nSPS) is 18.5. The third kappa shape index (κ3) is 3.55. The third-order valence-electron chi connectivity index (χ3n) is 5.09. The fourth-order valence-electron chi connectivity index (χ4n) is 3.63. The highest BCUT2D eigenvalue weighted by Crippen LogP contribution is 2.25. The summed E-state index contributed by atoms with van der Waals surface area (Å²) in [6.45, 7) is 6.72. The summed E-state index contributed by atoms with van der Waals surface area (Å²) in [4.78, 5) is 6.75. The van der Waals surface area contributed by atoms with Gasteiger partial charge in [-0.15, -0.1) is 0 Å². The van der Waals surface area contributed by atoms with E-state index < -0.39 is 0 Å². The number of nitrogens with zero attached hydrogens (tertiary/aromatic N) is 6. The maximum Gasteiger partial charge on any atom is 0.223 e. The standard InChI is InChI=1S/C18H24N6O2/c1-12-16(9-19-23(12)3)17-8-15(26-21-17)11-24-6-4-5-14(10-24)7-18-20-13(2)25-22-18/h8-9,14H,4-7,10-11H2,1-3H3/t14-/m0/s1. The van der Waals surface area contributed by atoms with Gasteiger partial charge in [0.25, 0.3) is 0 Å². The maximum absolute atomic E-state index is 5.57. The first kappa shape index (κ1) is 17.0. The molecule has 0 spiro atoms. The summed E-state index contributed by atoms with van der Waals surface area (Å²) in [7, 11) is 1.93. The number of rotatable bonds is 5. The van der Waals surface area contributed by atoms with Gasteiger partial charge in [-0.05, 0) is 32.2 Å². The molecule has 0 amide bonds. The molecule has 0 unspecified atom stereocenters. The first-order chi connectivity index (χ1) is 12.6. The van der Waals surface area contributed by atoms with Crippen molar-refractivity contribution in [1.29, 1.82) is 0 Å². The van der Waals surface area contributed by atoms with Gasteiger partial charge in [-0.25, -0.2) is 0 Å². The van der Waals surface area contributed by atoms with Crippen LogP contribution in [0.15, 0.2) is 21.3 Å². The van der Waals surface area contributed by atoms with Crippen LogP contribution in [0.25, 0.3) is 11.3 Å². The zero-order valence-electron chi connectivity index (χ0n) is 15.5. The Kier molecular flexibility index (Phi) is 4.58. The van der Waals surface area contributed by atoms with Crippen LogP contribution in [0.3, 0.4) is 0 Å². The van der Waals surface area contributed by atoms with Crippen molar-refractivity contribution in [3.05, 3.63) is 35.4 Å². The van der Waals surface area contributed by atoms with Crippen molar-refractivity contribution in [2.45, 2.75) is 39.7 Å². The second-order valence-corrected chi connectivity index (χ2v) is 7.12. The van der Waals surface area contributed by atoms with Crippen molar-refractivity contribution in [3.8, 4) is 11.3 Å². The van der Waals surface area contributed by atoms with Crippen LogP contribution in [0.2, 0.25) is 0 Å². The van der Waals surface area contributed by atoms with E-state index in [9.17, 15) is 0 Å². The minimum atomic E-state index is 0.545. The third-order valence-corrected chi connectivity index (χ3v) is 5.09. The highest BCUT2D eigenvalue weighted by molar-refractivity contribution is 5.60. The van der Waals surface area contributed by atoms with E-state index in [-0.39, 0.29) is 0 Å². The molecule has 0 bridgehead atoms. The average Bonchev–Trinajstić information content (AvgIpc) is 3.31. The summed E-state index contributed by atoms with van der Waals surface area (Å²) in [6.07, 6.45) is 5.07. The van der Waals surface area contributed by atoms with E-state index in [0.717, 1.165) is 54.6 Å². The van der Waals surface area contributed by atoms with Gasteiger partial charge >= 0.3 is 0 Å². The van der Waals surface area contributed by atoms with E-state index in [0.29, 0.717) is 11.8 Å². The molecule has 26 heavy (non-hydrogen) atoms. The summed E-state index contributed by atoms with van der Waals surface area (Å²) in [5, 5.41) is 12.5. The molecule has 0 saturated carbocycles. The van der Waals surface area contributed by atoms with Gasteiger partial charge in [-0.3, -0.25) is 9.58 Å². The van der Waals surface area contributed by atoms with E-state index in [4.69, 9.17) is 9.05 Å². The Labute approximate surface area is 152 Å². The van der Waals surface area contributed by atoms with Gasteiger partial charge in [0, 0.05) is 44.3 Å². The molecule has 0 aromatic carbocycles. The molecule has 1 fully saturated rings. The van der Waals surface area contributed by atoms with Gasteiger partial charge in [-0.2, -0.15) is 10.1 Å². The largest absolute Gasteiger partial charge is 0.359 e. The minimum absolute atomic E-state index is 0.545. The molecule has 0 N–H and O–H groups in total. The first-order valence-corrected chi connectivity index (χ1v) is 9.04. The molecule has 1 aliphatic rings. The van der Waals surface area contributed by atoms with Crippen molar-refractivity contribution in [2.24, 2.45) is 13.0 Å². The molecule has 8 heteroatoms. The average molecular weight is 356 g/mol. The number of hydrogen-bond acceptors (Lipinski definition) is 7.